The Morgan fingerprint density at radius 1 is 0.304 bits per heavy atom. The number of para-hydroxylation sites is 3. The molecule has 14 aromatic rings. The number of benzene rings is 12. The maximum Gasteiger partial charge on any atom is 0.143 e. The molecular weight excluding hydrogens is 837 g/mol. The van der Waals surface area contributed by atoms with Crippen LogP contribution < -0.4 is 4.90 Å². The Morgan fingerprint density at radius 3 is 1.48 bits per heavy atom. The molecule has 0 bridgehead atoms. The molecular formula is C66H42N2O. The molecule has 0 atom stereocenters. The Hall–Kier alpha value is -9.18. The molecule has 2 aromatic heterocycles. The van der Waals surface area contributed by atoms with Crippen LogP contribution in [0, 0.1) is 0 Å². The largest absolute Gasteiger partial charge is 0.455 e. The molecule has 12 aromatic carbocycles. The zero-order valence-electron chi connectivity index (χ0n) is 37.6. The number of rotatable bonds is 7. The first-order valence-corrected chi connectivity index (χ1v) is 23.7. The van der Waals surface area contributed by atoms with Crippen LogP contribution in [0.15, 0.2) is 259 Å². The van der Waals surface area contributed by atoms with Gasteiger partial charge < -0.3 is 13.9 Å². The zero-order valence-corrected chi connectivity index (χ0v) is 37.6. The van der Waals surface area contributed by atoms with Crippen LogP contribution in [-0.4, -0.2) is 4.57 Å². The number of hydrogen-bond acceptors (Lipinski definition) is 2. The van der Waals surface area contributed by atoms with Crippen molar-refractivity contribution >= 4 is 93.1 Å². The lowest BCUT2D eigenvalue weighted by molar-refractivity contribution is 0.673. The van der Waals surface area contributed by atoms with Gasteiger partial charge in [-0.3, -0.25) is 0 Å². The van der Waals surface area contributed by atoms with E-state index in [9.17, 15) is 0 Å². The van der Waals surface area contributed by atoms with Gasteiger partial charge in [0.2, 0.25) is 0 Å². The number of anilines is 3. The highest BCUT2D eigenvalue weighted by atomic mass is 16.3. The maximum atomic E-state index is 6.58. The van der Waals surface area contributed by atoms with Crippen LogP contribution in [-0.2, 0) is 0 Å². The van der Waals surface area contributed by atoms with Crippen molar-refractivity contribution in [2.24, 2.45) is 0 Å². The number of fused-ring (bicyclic) bond motifs is 11. The van der Waals surface area contributed by atoms with Crippen molar-refractivity contribution < 1.29 is 4.42 Å². The summed E-state index contributed by atoms with van der Waals surface area (Å²) in [6, 6.07) is 92.4. The van der Waals surface area contributed by atoms with E-state index in [-0.39, 0.29) is 0 Å². The van der Waals surface area contributed by atoms with Crippen molar-refractivity contribution in [1.82, 2.24) is 4.57 Å². The van der Waals surface area contributed by atoms with E-state index in [1.54, 1.807) is 0 Å². The van der Waals surface area contributed by atoms with E-state index in [0.29, 0.717) is 0 Å². The number of furan rings is 1. The Balaban J connectivity index is 0.869. The van der Waals surface area contributed by atoms with Crippen LogP contribution in [0.4, 0.5) is 17.1 Å². The maximum absolute atomic E-state index is 6.58. The molecule has 69 heavy (non-hydrogen) atoms. The van der Waals surface area contributed by atoms with E-state index in [4.69, 9.17) is 4.42 Å². The van der Waals surface area contributed by atoms with Crippen LogP contribution in [0.25, 0.3) is 115 Å². The van der Waals surface area contributed by atoms with Crippen molar-refractivity contribution in [3.8, 4) is 39.1 Å². The smallest absolute Gasteiger partial charge is 0.143 e. The molecule has 14 rings (SSSR count). The first kappa shape index (κ1) is 39.0. The summed E-state index contributed by atoms with van der Waals surface area (Å²) in [5.41, 5.74) is 15.6. The summed E-state index contributed by atoms with van der Waals surface area (Å²) in [7, 11) is 0. The monoisotopic (exact) mass is 878 g/mol. The van der Waals surface area contributed by atoms with Gasteiger partial charge in [-0.15, -0.1) is 0 Å². The summed E-state index contributed by atoms with van der Waals surface area (Å²) in [5.74, 6) is 0. The number of hydrogen-bond donors (Lipinski definition) is 0. The number of aromatic nitrogens is 1. The van der Waals surface area contributed by atoms with Gasteiger partial charge in [-0.25, -0.2) is 0 Å². The first-order valence-electron chi connectivity index (χ1n) is 23.7. The third-order valence-electron chi connectivity index (χ3n) is 14.2. The van der Waals surface area contributed by atoms with Crippen molar-refractivity contribution in [3.63, 3.8) is 0 Å². The molecule has 0 aliphatic carbocycles. The minimum absolute atomic E-state index is 0.893. The Kier molecular flexibility index (Phi) is 8.90. The molecule has 0 unspecified atom stereocenters. The van der Waals surface area contributed by atoms with Gasteiger partial charge in [0, 0.05) is 49.6 Å². The average molecular weight is 879 g/mol. The lowest BCUT2D eigenvalue weighted by Gasteiger charge is -2.26. The number of nitrogens with zero attached hydrogens (tertiary/aromatic N) is 2. The Bertz CT molecular complexity index is 4240. The van der Waals surface area contributed by atoms with Gasteiger partial charge in [-0.2, -0.15) is 0 Å². The second-order valence-electron chi connectivity index (χ2n) is 18.0. The fourth-order valence-corrected chi connectivity index (χ4v) is 10.9. The summed E-state index contributed by atoms with van der Waals surface area (Å²) in [6.45, 7) is 0. The molecule has 0 radical (unpaired) electrons. The van der Waals surface area contributed by atoms with Crippen LogP contribution in [0.5, 0.6) is 0 Å². The van der Waals surface area contributed by atoms with Crippen molar-refractivity contribution in [1.29, 1.82) is 0 Å². The quantitative estimate of drug-likeness (QED) is 0.149. The minimum Gasteiger partial charge on any atom is -0.455 e. The first-order chi connectivity index (χ1) is 34.2. The molecule has 0 aliphatic heterocycles. The van der Waals surface area contributed by atoms with Crippen molar-refractivity contribution in [3.05, 3.63) is 255 Å². The Labute approximate surface area is 399 Å². The molecule has 322 valence electrons. The third kappa shape index (κ3) is 6.36. The molecule has 2 heterocycles. The van der Waals surface area contributed by atoms with Gasteiger partial charge in [-0.05, 0) is 128 Å². The van der Waals surface area contributed by atoms with Gasteiger partial charge >= 0.3 is 0 Å². The lowest BCUT2D eigenvalue weighted by atomic mass is 9.97. The van der Waals surface area contributed by atoms with Crippen LogP contribution >= 0.6 is 0 Å². The molecule has 3 heteroatoms. The zero-order chi connectivity index (χ0) is 45.4. The van der Waals surface area contributed by atoms with Gasteiger partial charge in [0.1, 0.15) is 11.2 Å². The van der Waals surface area contributed by atoms with Gasteiger partial charge in [0.15, 0.2) is 0 Å². The van der Waals surface area contributed by atoms with E-state index in [0.717, 1.165) is 66.8 Å². The highest BCUT2D eigenvalue weighted by Crippen LogP contribution is 2.43. The summed E-state index contributed by atoms with van der Waals surface area (Å²) in [4.78, 5) is 2.36. The third-order valence-corrected chi connectivity index (χ3v) is 14.2. The van der Waals surface area contributed by atoms with Crippen molar-refractivity contribution in [2.75, 3.05) is 4.90 Å². The fraction of sp³-hybridized carbons (Fsp3) is 0. The molecule has 0 N–H and O–H groups in total. The molecule has 0 saturated carbocycles. The highest BCUT2D eigenvalue weighted by Gasteiger charge is 2.19. The standard InChI is InChI=1S/C66H42N2O/c1-3-14-53-44(12-1)24-25-49-42-48(33-40-54(49)53)43-26-34-50(35-27-43)67(52-38-30-47(31-39-52)56-19-11-23-64-65(56)60-41-32-45-13-2-4-16-57(45)66(60)69-64)51-36-28-46(29-37-51)55-15-5-8-20-61(55)68-62-21-9-6-17-58(62)59-18-7-10-22-63(59)68/h1-42H. The minimum atomic E-state index is 0.893. The van der Waals surface area contributed by atoms with Gasteiger partial charge in [0.25, 0.3) is 0 Å². The van der Waals surface area contributed by atoms with Crippen LogP contribution in [0.1, 0.15) is 0 Å². The summed E-state index contributed by atoms with van der Waals surface area (Å²) >= 11 is 0. The summed E-state index contributed by atoms with van der Waals surface area (Å²) in [5, 5.41) is 12.1. The van der Waals surface area contributed by atoms with Crippen LogP contribution in [0.2, 0.25) is 0 Å². The molecule has 0 amide bonds. The summed E-state index contributed by atoms with van der Waals surface area (Å²) in [6.07, 6.45) is 0. The predicted molar refractivity (Wildman–Crippen MR) is 292 cm³/mol. The SMILES string of the molecule is c1ccc(-n2c3ccccc3c3ccccc32)c(-c2ccc(N(c3ccc(-c4ccc5c(ccc6ccccc65)c4)cc3)c3ccc(-c4cccc5oc6c7ccccc7ccc6c45)cc3)cc2)c1. The van der Waals surface area contributed by atoms with E-state index >= 15 is 0 Å². The molecule has 0 saturated heterocycles. The second kappa shape index (κ2) is 15.7. The van der Waals surface area contributed by atoms with E-state index in [1.165, 1.54) is 65.4 Å². The molecule has 0 spiro atoms. The molecule has 0 aliphatic rings. The van der Waals surface area contributed by atoms with E-state index < -0.39 is 0 Å². The normalized spacial score (nSPS) is 11.8. The lowest BCUT2D eigenvalue weighted by Crippen LogP contribution is -2.09. The topological polar surface area (TPSA) is 21.3 Å². The predicted octanol–water partition coefficient (Wildman–Crippen LogP) is 18.6. The fourth-order valence-electron chi connectivity index (χ4n) is 10.9. The average Bonchev–Trinajstić information content (AvgIpc) is 3.98. The van der Waals surface area contributed by atoms with Gasteiger partial charge in [0.05, 0.1) is 16.7 Å². The Morgan fingerprint density at radius 2 is 0.783 bits per heavy atom. The van der Waals surface area contributed by atoms with Crippen LogP contribution in [0.3, 0.4) is 0 Å². The molecule has 0 fully saturated rings. The van der Waals surface area contributed by atoms with E-state index in [2.05, 4.69) is 264 Å². The van der Waals surface area contributed by atoms with Crippen molar-refractivity contribution in [2.45, 2.75) is 0 Å². The van der Waals surface area contributed by atoms with E-state index in [1.807, 2.05) is 0 Å². The highest BCUT2D eigenvalue weighted by molar-refractivity contribution is 6.19. The van der Waals surface area contributed by atoms with Gasteiger partial charge in [-0.1, -0.05) is 182 Å². The second-order valence-corrected chi connectivity index (χ2v) is 18.0. The summed E-state index contributed by atoms with van der Waals surface area (Å²) < 4.78 is 9.00. The molecule has 3 nitrogen and oxygen atoms in total.